The largest absolute Gasteiger partial charge is 0.497 e. The van der Waals surface area contributed by atoms with E-state index in [9.17, 15) is 4.79 Å². The molecule has 1 aromatic carbocycles. The lowest BCUT2D eigenvalue weighted by Gasteiger charge is -2.00. The van der Waals surface area contributed by atoms with Gasteiger partial charge in [-0.25, -0.2) is 0 Å². The summed E-state index contributed by atoms with van der Waals surface area (Å²) in [5, 5.41) is 10.2. The van der Waals surface area contributed by atoms with Crippen molar-refractivity contribution < 1.29 is 18.7 Å². The topological polar surface area (TPSA) is 86.5 Å². The maximum absolute atomic E-state index is 11.7. The molecule has 0 bridgehead atoms. The number of nitrogens with one attached hydrogen (secondary N) is 1. The predicted octanol–water partition coefficient (Wildman–Crippen LogP) is 1.12. The number of methoxy groups -OCH3 is 2. The van der Waals surface area contributed by atoms with Crippen molar-refractivity contribution in [3.63, 3.8) is 0 Å². The molecule has 0 aliphatic carbocycles. The van der Waals surface area contributed by atoms with Gasteiger partial charge in [-0.05, 0) is 24.3 Å². The summed E-state index contributed by atoms with van der Waals surface area (Å²) in [6.07, 6.45) is 0. The van der Waals surface area contributed by atoms with E-state index in [1.807, 2.05) is 0 Å². The van der Waals surface area contributed by atoms with Crippen LogP contribution >= 0.6 is 0 Å². The number of benzene rings is 1. The highest BCUT2D eigenvalue weighted by Gasteiger charge is 2.15. The fraction of sp³-hybridized carbons (Fsp3) is 0.308. The Morgan fingerprint density at radius 1 is 1.25 bits per heavy atom. The number of rotatable bonds is 6. The number of ether oxygens (including phenoxy) is 2. The Labute approximate surface area is 115 Å². The van der Waals surface area contributed by atoms with Gasteiger partial charge in [-0.2, -0.15) is 0 Å². The second-order valence-corrected chi connectivity index (χ2v) is 3.89. The van der Waals surface area contributed by atoms with Crippen molar-refractivity contribution in [3.05, 3.63) is 30.2 Å². The molecule has 0 atom stereocenters. The molecule has 0 saturated carbocycles. The molecule has 0 aliphatic heterocycles. The number of aromatic nitrogens is 2. The molecular weight excluding hydrogens is 262 g/mol. The summed E-state index contributed by atoms with van der Waals surface area (Å²) < 4.78 is 15.2. The third-order valence-electron chi connectivity index (χ3n) is 2.55. The van der Waals surface area contributed by atoms with Crippen LogP contribution < -0.4 is 10.1 Å². The van der Waals surface area contributed by atoms with Gasteiger partial charge in [0.25, 0.3) is 0 Å². The molecule has 106 valence electrons. The number of hydrogen-bond donors (Lipinski definition) is 1. The van der Waals surface area contributed by atoms with Crippen LogP contribution in [0.25, 0.3) is 11.5 Å². The summed E-state index contributed by atoms with van der Waals surface area (Å²) in [5.74, 6) is 0.511. The lowest BCUT2D eigenvalue weighted by Crippen LogP contribution is -2.27. The van der Waals surface area contributed by atoms with Gasteiger partial charge >= 0.3 is 11.8 Å². The second-order valence-electron chi connectivity index (χ2n) is 3.89. The normalized spacial score (nSPS) is 10.3. The monoisotopic (exact) mass is 277 g/mol. The van der Waals surface area contributed by atoms with Gasteiger partial charge in [0.2, 0.25) is 5.89 Å². The summed E-state index contributed by atoms with van der Waals surface area (Å²) >= 11 is 0. The molecular formula is C13H15N3O4. The number of hydrogen-bond acceptors (Lipinski definition) is 6. The zero-order chi connectivity index (χ0) is 14.4. The Morgan fingerprint density at radius 2 is 2.00 bits per heavy atom. The smallest absolute Gasteiger partial charge is 0.308 e. The van der Waals surface area contributed by atoms with Gasteiger partial charge < -0.3 is 19.2 Å². The van der Waals surface area contributed by atoms with Crippen LogP contribution in [-0.2, 0) is 4.74 Å². The van der Waals surface area contributed by atoms with E-state index in [0.29, 0.717) is 18.7 Å². The zero-order valence-corrected chi connectivity index (χ0v) is 11.3. The maximum Gasteiger partial charge on any atom is 0.308 e. The molecule has 1 heterocycles. The van der Waals surface area contributed by atoms with E-state index >= 15 is 0 Å². The fourth-order valence-electron chi connectivity index (χ4n) is 1.51. The predicted molar refractivity (Wildman–Crippen MR) is 70.5 cm³/mol. The van der Waals surface area contributed by atoms with E-state index in [-0.39, 0.29) is 11.8 Å². The van der Waals surface area contributed by atoms with E-state index in [4.69, 9.17) is 13.9 Å². The highest BCUT2D eigenvalue weighted by Crippen LogP contribution is 2.20. The first-order valence-electron chi connectivity index (χ1n) is 5.99. The van der Waals surface area contributed by atoms with Crippen molar-refractivity contribution in [2.24, 2.45) is 0 Å². The van der Waals surface area contributed by atoms with Crippen molar-refractivity contribution in [2.45, 2.75) is 0 Å². The second kappa shape index (κ2) is 6.67. The van der Waals surface area contributed by atoms with Gasteiger partial charge in [-0.1, -0.05) is 0 Å². The van der Waals surface area contributed by atoms with Crippen LogP contribution in [0.1, 0.15) is 10.7 Å². The number of amides is 1. The van der Waals surface area contributed by atoms with Crippen LogP contribution in [0.2, 0.25) is 0 Å². The van der Waals surface area contributed by atoms with E-state index < -0.39 is 5.91 Å². The summed E-state index contributed by atoms with van der Waals surface area (Å²) in [4.78, 5) is 11.7. The zero-order valence-electron chi connectivity index (χ0n) is 11.3. The molecule has 0 aliphatic rings. The Bertz CT molecular complexity index is 565. The van der Waals surface area contributed by atoms with Gasteiger partial charge in [0, 0.05) is 19.2 Å². The van der Waals surface area contributed by atoms with E-state index in [2.05, 4.69) is 15.5 Å². The van der Waals surface area contributed by atoms with Gasteiger partial charge in [0.05, 0.1) is 13.7 Å². The third-order valence-corrected chi connectivity index (χ3v) is 2.55. The molecule has 0 unspecified atom stereocenters. The van der Waals surface area contributed by atoms with E-state index in [0.717, 1.165) is 5.75 Å². The molecule has 0 fully saturated rings. The van der Waals surface area contributed by atoms with Gasteiger partial charge in [-0.15, -0.1) is 10.2 Å². The maximum atomic E-state index is 11.7. The van der Waals surface area contributed by atoms with Gasteiger partial charge in [0.1, 0.15) is 5.75 Å². The first kappa shape index (κ1) is 14.0. The average Bonchev–Trinajstić information content (AvgIpc) is 2.97. The van der Waals surface area contributed by atoms with Crippen LogP contribution in [0.3, 0.4) is 0 Å². The molecule has 1 amide bonds. The molecule has 0 saturated heterocycles. The van der Waals surface area contributed by atoms with Crippen LogP contribution in [0.5, 0.6) is 5.75 Å². The summed E-state index contributed by atoms with van der Waals surface area (Å²) in [5.41, 5.74) is 0.717. The summed E-state index contributed by atoms with van der Waals surface area (Å²) in [7, 11) is 3.14. The Balaban J connectivity index is 2.05. The van der Waals surface area contributed by atoms with Crippen molar-refractivity contribution in [1.29, 1.82) is 0 Å². The lowest BCUT2D eigenvalue weighted by atomic mass is 10.2. The minimum absolute atomic E-state index is 0.0769. The Kier molecular flexibility index (Phi) is 4.67. The quantitative estimate of drug-likeness (QED) is 0.796. The van der Waals surface area contributed by atoms with Gasteiger partial charge in [-0.3, -0.25) is 4.79 Å². The van der Waals surface area contributed by atoms with Crippen LogP contribution in [0, 0.1) is 0 Å². The molecule has 2 rings (SSSR count). The Hall–Kier alpha value is -2.41. The highest BCUT2D eigenvalue weighted by atomic mass is 16.5. The van der Waals surface area contributed by atoms with Crippen LogP contribution in [-0.4, -0.2) is 43.5 Å². The van der Waals surface area contributed by atoms with Gasteiger partial charge in [0.15, 0.2) is 0 Å². The minimum atomic E-state index is -0.422. The fourth-order valence-corrected chi connectivity index (χ4v) is 1.51. The van der Waals surface area contributed by atoms with E-state index in [1.54, 1.807) is 38.5 Å². The van der Waals surface area contributed by atoms with E-state index in [1.165, 1.54) is 0 Å². The number of carbonyl (C=O) groups is 1. The summed E-state index contributed by atoms with van der Waals surface area (Å²) in [6, 6.07) is 7.10. The van der Waals surface area contributed by atoms with Crippen molar-refractivity contribution in [2.75, 3.05) is 27.4 Å². The van der Waals surface area contributed by atoms with Crippen molar-refractivity contribution in [1.82, 2.24) is 15.5 Å². The first-order valence-corrected chi connectivity index (χ1v) is 5.99. The molecule has 2 aromatic rings. The molecule has 7 heteroatoms. The number of carbonyl (C=O) groups excluding carboxylic acids is 1. The average molecular weight is 277 g/mol. The molecule has 0 spiro atoms. The molecule has 7 nitrogen and oxygen atoms in total. The standard InChI is InChI=1S/C13H15N3O4/c1-18-8-7-14-11(17)13-16-15-12(20-13)9-3-5-10(19-2)6-4-9/h3-6H,7-8H2,1-2H3,(H,14,17). The molecule has 0 radical (unpaired) electrons. The summed E-state index contributed by atoms with van der Waals surface area (Å²) in [6.45, 7) is 0.806. The third kappa shape index (κ3) is 3.33. The number of nitrogens with zero attached hydrogens (tertiary/aromatic N) is 2. The van der Waals surface area contributed by atoms with Crippen molar-refractivity contribution >= 4 is 5.91 Å². The van der Waals surface area contributed by atoms with Crippen molar-refractivity contribution in [3.8, 4) is 17.2 Å². The SMILES string of the molecule is COCCNC(=O)c1nnc(-c2ccc(OC)cc2)o1. The Morgan fingerprint density at radius 3 is 2.65 bits per heavy atom. The molecule has 1 aromatic heterocycles. The molecule has 20 heavy (non-hydrogen) atoms. The lowest BCUT2D eigenvalue weighted by molar-refractivity contribution is 0.0903. The van der Waals surface area contributed by atoms with Crippen LogP contribution in [0.15, 0.2) is 28.7 Å². The molecule has 1 N–H and O–H groups in total. The van der Waals surface area contributed by atoms with Crippen LogP contribution in [0.4, 0.5) is 0 Å². The minimum Gasteiger partial charge on any atom is -0.497 e. The highest BCUT2D eigenvalue weighted by molar-refractivity contribution is 5.89. The first-order chi connectivity index (χ1) is 9.74.